The van der Waals surface area contributed by atoms with E-state index in [0.717, 1.165) is 42.9 Å². The molecule has 0 atom stereocenters. The van der Waals surface area contributed by atoms with Crippen LogP contribution in [0.5, 0.6) is 0 Å². The Morgan fingerprint density at radius 1 is 1.12 bits per heavy atom. The van der Waals surface area contributed by atoms with Gasteiger partial charge in [-0.1, -0.05) is 23.2 Å². The van der Waals surface area contributed by atoms with Crippen LogP contribution in [0.3, 0.4) is 0 Å². The molecule has 1 heterocycles. The lowest BCUT2D eigenvalue weighted by atomic mass is 9.87. The monoisotopic (exact) mass is 473 g/mol. The molecule has 3 aromatic rings. The highest BCUT2D eigenvalue weighted by Crippen LogP contribution is 2.35. The van der Waals surface area contributed by atoms with Crippen LogP contribution in [0.1, 0.15) is 61.5 Å². The lowest BCUT2D eigenvalue weighted by molar-refractivity contribution is -0.112. The molecule has 32 heavy (non-hydrogen) atoms. The Morgan fingerprint density at radius 3 is 2.38 bits per heavy atom. The lowest BCUT2D eigenvalue weighted by Gasteiger charge is -2.25. The number of aliphatic hydroxyl groups is 1. The Hall–Kier alpha value is -2.41. The molecule has 1 aliphatic rings. The summed E-state index contributed by atoms with van der Waals surface area (Å²) in [5.41, 5.74) is 0.918. The van der Waals surface area contributed by atoms with Gasteiger partial charge in [0.05, 0.1) is 17.2 Å². The average molecular weight is 474 g/mol. The zero-order valence-electron chi connectivity index (χ0n) is 17.9. The minimum Gasteiger partial charge on any atom is -0.386 e. The largest absolute Gasteiger partial charge is 0.386 e. The average Bonchev–Trinajstić information content (AvgIpc) is 3.15. The first-order valence-electron chi connectivity index (χ1n) is 10.6. The molecule has 4 rings (SSSR count). The van der Waals surface area contributed by atoms with E-state index in [2.05, 4.69) is 5.32 Å². The second-order valence-corrected chi connectivity index (χ2v) is 9.81. The molecular formula is C24H25Cl2N3O3. The number of aromatic nitrogens is 2. The normalized spacial score (nSPS) is 19.2. The number of benzene rings is 2. The van der Waals surface area contributed by atoms with E-state index in [9.17, 15) is 14.7 Å². The van der Waals surface area contributed by atoms with Crippen molar-refractivity contribution in [3.63, 3.8) is 0 Å². The molecule has 1 fully saturated rings. The van der Waals surface area contributed by atoms with E-state index in [0.29, 0.717) is 26.9 Å². The Morgan fingerprint density at radius 2 is 1.78 bits per heavy atom. The van der Waals surface area contributed by atoms with Crippen molar-refractivity contribution in [1.29, 1.82) is 0 Å². The first kappa shape index (κ1) is 22.8. The van der Waals surface area contributed by atoms with Crippen LogP contribution >= 0.6 is 23.2 Å². The second kappa shape index (κ2) is 8.85. The Kier molecular flexibility index (Phi) is 6.30. The van der Waals surface area contributed by atoms with Crippen molar-refractivity contribution in [2.75, 3.05) is 5.32 Å². The SMILES string of the molecule is CC(C)(O)c1cc2nn([C@H]3CC[C@H](C=O)CC3)cc2cc1NC(=O)c1cc(Cl)cc(Cl)c1. The van der Waals surface area contributed by atoms with E-state index in [-0.39, 0.29) is 17.9 Å². The number of nitrogens with zero attached hydrogens (tertiary/aromatic N) is 2. The fourth-order valence-electron chi connectivity index (χ4n) is 4.27. The van der Waals surface area contributed by atoms with Crippen LogP contribution in [-0.4, -0.2) is 27.1 Å². The van der Waals surface area contributed by atoms with Gasteiger partial charge in [0, 0.05) is 44.4 Å². The molecule has 0 unspecified atom stereocenters. The third kappa shape index (κ3) is 4.82. The van der Waals surface area contributed by atoms with Crippen molar-refractivity contribution in [3.05, 3.63) is 57.7 Å². The van der Waals surface area contributed by atoms with Gasteiger partial charge in [0.25, 0.3) is 5.91 Å². The number of anilines is 1. The van der Waals surface area contributed by atoms with Gasteiger partial charge >= 0.3 is 0 Å². The molecule has 168 valence electrons. The van der Waals surface area contributed by atoms with E-state index in [1.807, 2.05) is 23.0 Å². The minimum absolute atomic E-state index is 0.139. The zero-order valence-corrected chi connectivity index (χ0v) is 19.5. The van der Waals surface area contributed by atoms with Crippen molar-refractivity contribution >= 4 is 52.0 Å². The molecule has 0 bridgehead atoms. The third-order valence-electron chi connectivity index (χ3n) is 6.00. The van der Waals surface area contributed by atoms with Gasteiger partial charge in [-0.05, 0) is 69.9 Å². The standard InChI is InChI=1S/C24H25Cl2N3O3/c1-24(2,32)20-11-21-16(12-29(28-21)19-5-3-14(13-30)4-6-19)9-22(20)27-23(31)15-7-17(25)10-18(26)8-15/h7-14,19,32H,3-6H2,1-2H3,(H,27,31)/t14-,19-. The van der Waals surface area contributed by atoms with Crippen molar-refractivity contribution in [1.82, 2.24) is 9.78 Å². The Labute approximate surface area is 196 Å². The molecular weight excluding hydrogens is 449 g/mol. The smallest absolute Gasteiger partial charge is 0.255 e. The van der Waals surface area contributed by atoms with E-state index in [1.165, 1.54) is 0 Å². The van der Waals surface area contributed by atoms with Gasteiger partial charge in [-0.15, -0.1) is 0 Å². The van der Waals surface area contributed by atoms with Crippen LogP contribution in [0, 0.1) is 5.92 Å². The summed E-state index contributed by atoms with van der Waals surface area (Å²) in [6.45, 7) is 3.33. The predicted molar refractivity (Wildman–Crippen MR) is 126 cm³/mol. The summed E-state index contributed by atoms with van der Waals surface area (Å²) >= 11 is 12.1. The van der Waals surface area contributed by atoms with Crippen molar-refractivity contribution in [2.24, 2.45) is 5.92 Å². The highest BCUT2D eigenvalue weighted by Gasteiger charge is 2.26. The fraction of sp³-hybridized carbons (Fsp3) is 0.375. The molecule has 6 nitrogen and oxygen atoms in total. The Bertz CT molecular complexity index is 1150. The summed E-state index contributed by atoms with van der Waals surface area (Å²) in [4.78, 5) is 23.9. The maximum Gasteiger partial charge on any atom is 0.255 e. The van der Waals surface area contributed by atoms with Crippen LogP contribution in [0.4, 0.5) is 5.69 Å². The van der Waals surface area contributed by atoms with E-state index in [4.69, 9.17) is 28.3 Å². The molecule has 1 aromatic heterocycles. The molecule has 0 radical (unpaired) electrons. The molecule has 0 aliphatic heterocycles. The van der Waals surface area contributed by atoms with Crippen LogP contribution in [-0.2, 0) is 10.4 Å². The lowest BCUT2D eigenvalue weighted by Crippen LogP contribution is -2.21. The highest BCUT2D eigenvalue weighted by molar-refractivity contribution is 6.35. The second-order valence-electron chi connectivity index (χ2n) is 8.94. The first-order chi connectivity index (χ1) is 15.1. The number of hydrogen-bond acceptors (Lipinski definition) is 4. The summed E-state index contributed by atoms with van der Waals surface area (Å²) in [6.07, 6.45) is 6.53. The molecule has 1 aliphatic carbocycles. The molecule has 1 amide bonds. The molecule has 1 saturated carbocycles. The van der Waals surface area contributed by atoms with Gasteiger partial charge in [0.1, 0.15) is 6.29 Å². The van der Waals surface area contributed by atoms with Crippen LogP contribution in [0.2, 0.25) is 10.0 Å². The summed E-state index contributed by atoms with van der Waals surface area (Å²) in [5.74, 6) is -0.237. The number of aldehydes is 1. The van der Waals surface area contributed by atoms with Gasteiger partial charge < -0.3 is 15.2 Å². The number of rotatable bonds is 5. The third-order valence-corrected chi connectivity index (χ3v) is 6.44. The van der Waals surface area contributed by atoms with Gasteiger partial charge in [0.15, 0.2) is 0 Å². The van der Waals surface area contributed by atoms with E-state index < -0.39 is 5.60 Å². The van der Waals surface area contributed by atoms with Crippen molar-refractivity contribution in [2.45, 2.75) is 51.2 Å². The summed E-state index contributed by atoms with van der Waals surface area (Å²) in [7, 11) is 0. The number of nitrogens with one attached hydrogen (secondary N) is 1. The van der Waals surface area contributed by atoms with Gasteiger partial charge in [-0.3, -0.25) is 9.48 Å². The van der Waals surface area contributed by atoms with E-state index >= 15 is 0 Å². The molecule has 2 aromatic carbocycles. The van der Waals surface area contributed by atoms with Crippen molar-refractivity contribution < 1.29 is 14.7 Å². The quantitative estimate of drug-likeness (QED) is 0.461. The summed E-state index contributed by atoms with van der Waals surface area (Å²) in [6, 6.07) is 8.51. The molecule has 8 heteroatoms. The predicted octanol–water partition coefficient (Wildman–Crippen LogP) is 5.75. The van der Waals surface area contributed by atoms with Crippen LogP contribution in [0.15, 0.2) is 36.5 Å². The minimum atomic E-state index is -1.20. The Balaban J connectivity index is 1.68. The molecule has 2 N–H and O–H groups in total. The highest BCUT2D eigenvalue weighted by atomic mass is 35.5. The first-order valence-corrected chi connectivity index (χ1v) is 11.4. The van der Waals surface area contributed by atoms with E-state index in [1.54, 1.807) is 32.0 Å². The molecule has 0 saturated heterocycles. The number of amides is 1. The summed E-state index contributed by atoms with van der Waals surface area (Å²) in [5, 5.41) is 20.0. The topological polar surface area (TPSA) is 84.2 Å². The number of hydrogen-bond donors (Lipinski definition) is 2. The number of halogens is 2. The number of fused-ring (bicyclic) bond motifs is 1. The van der Waals surface area contributed by atoms with Crippen LogP contribution < -0.4 is 5.32 Å². The van der Waals surface area contributed by atoms with Gasteiger partial charge in [0.2, 0.25) is 0 Å². The summed E-state index contributed by atoms with van der Waals surface area (Å²) < 4.78 is 1.95. The van der Waals surface area contributed by atoms with Crippen molar-refractivity contribution in [3.8, 4) is 0 Å². The van der Waals surface area contributed by atoms with Gasteiger partial charge in [-0.2, -0.15) is 5.10 Å². The van der Waals surface area contributed by atoms with Crippen LogP contribution in [0.25, 0.3) is 10.9 Å². The maximum absolute atomic E-state index is 12.9. The maximum atomic E-state index is 12.9. The number of carbonyl (C=O) groups is 2. The number of carbonyl (C=O) groups excluding carboxylic acids is 2. The fourth-order valence-corrected chi connectivity index (χ4v) is 4.80. The molecule has 0 spiro atoms. The van der Waals surface area contributed by atoms with Gasteiger partial charge in [-0.25, -0.2) is 0 Å². The zero-order chi connectivity index (χ0) is 23.0.